The summed E-state index contributed by atoms with van der Waals surface area (Å²) >= 11 is 0.532. The number of anilines is 2. The maximum absolute atomic E-state index is 11.1. The van der Waals surface area contributed by atoms with E-state index in [1.54, 1.807) is 0 Å². The Morgan fingerprint density at radius 1 is 0.806 bits per heavy atom. The standard InChI is InChI=1S/C13H19N7O10S/c21-7(22)1-19(2-8(23)24)11-16-12(20(3-9(25)26)4-10(27)28)18-13(17-11)31-30-6-14-5-15-29/h14-15,29H,1-6H2,(H,21,22)(H,23,24)(H,25,26)(H,27,28). The second-order valence-electron chi connectivity index (χ2n) is 5.44. The largest absolute Gasteiger partial charge is 0.480 e. The molecular weight excluding hydrogens is 446 g/mol. The molecule has 1 heterocycles. The third kappa shape index (κ3) is 10.3. The Kier molecular flexibility index (Phi) is 10.8. The molecule has 1 aromatic rings. The number of hydrogen-bond acceptors (Lipinski definition) is 14. The fourth-order valence-electron chi connectivity index (χ4n) is 1.93. The Morgan fingerprint density at radius 3 is 1.58 bits per heavy atom. The van der Waals surface area contributed by atoms with E-state index in [0.29, 0.717) is 12.0 Å². The Bertz CT molecular complexity index is 712. The van der Waals surface area contributed by atoms with Gasteiger partial charge in [0.2, 0.25) is 17.1 Å². The third-order valence-electron chi connectivity index (χ3n) is 2.96. The van der Waals surface area contributed by atoms with E-state index in [1.807, 2.05) is 5.48 Å². The molecule has 1 aromatic heterocycles. The van der Waals surface area contributed by atoms with Gasteiger partial charge in [-0.3, -0.25) is 28.7 Å². The van der Waals surface area contributed by atoms with Crippen molar-refractivity contribution in [3.8, 4) is 0 Å². The van der Waals surface area contributed by atoms with E-state index in [4.69, 9.17) is 29.8 Å². The maximum atomic E-state index is 11.1. The van der Waals surface area contributed by atoms with Gasteiger partial charge in [0.15, 0.2) is 0 Å². The quantitative estimate of drug-likeness (QED) is 0.0568. The molecule has 0 fully saturated rings. The molecular formula is C13H19N7O10S. The van der Waals surface area contributed by atoms with Gasteiger partial charge in [0, 0.05) is 0 Å². The van der Waals surface area contributed by atoms with Crippen molar-refractivity contribution in [3.05, 3.63) is 0 Å². The summed E-state index contributed by atoms with van der Waals surface area (Å²) in [6.45, 7) is -3.42. The number of carbonyl (C=O) groups is 4. The highest BCUT2D eigenvalue weighted by Gasteiger charge is 2.23. The van der Waals surface area contributed by atoms with E-state index in [1.165, 1.54) is 0 Å². The van der Waals surface area contributed by atoms with Gasteiger partial charge in [-0.15, -0.1) is 0 Å². The molecule has 172 valence electrons. The van der Waals surface area contributed by atoms with Crippen LogP contribution < -0.4 is 20.6 Å². The van der Waals surface area contributed by atoms with Gasteiger partial charge in [-0.1, -0.05) is 0 Å². The SMILES string of the molecule is O=C(O)CN(CC(=O)O)c1nc(SOCNCNO)nc(N(CC(=O)O)CC(=O)O)n1. The first-order valence-corrected chi connectivity index (χ1v) is 8.86. The molecule has 0 atom stereocenters. The molecule has 0 saturated carbocycles. The smallest absolute Gasteiger partial charge is 0.323 e. The van der Waals surface area contributed by atoms with Gasteiger partial charge >= 0.3 is 23.9 Å². The zero-order chi connectivity index (χ0) is 23.4. The van der Waals surface area contributed by atoms with Crippen LogP contribution in [0.3, 0.4) is 0 Å². The molecule has 31 heavy (non-hydrogen) atoms. The van der Waals surface area contributed by atoms with Crippen LogP contribution >= 0.6 is 12.0 Å². The van der Waals surface area contributed by atoms with Crippen molar-refractivity contribution in [2.24, 2.45) is 0 Å². The van der Waals surface area contributed by atoms with Gasteiger partial charge in [0.1, 0.15) is 32.9 Å². The number of carboxylic acid groups (broad SMARTS) is 4. The Hall–Kier alpha value is -3.32. The Morgan fingerprint density at radius 2 is 1.23 bits per heavy atom. The van der Waals surface area contributed by atoms with Crippen molar-refractivity contribution < 1.29 is 49.0 Å². The minimum Gasteiger partial charge on any atom is -0.480 e. The topological polar surface area (TPSA) is 248 Å². The highest BCUT2D eigenvalue weighted by Crippen LogP contribution is 2.21. The first kappa shape index (κ1) is 25.7. The lowest BCUT2D eigenvalue weighted by Crippen LogP contribution is -2.38. The molecule has 0 aliphatic rings. The highest BCUT2D eigenvalue weighted by atomic mass is 32.2. The first-order valence-electron chi connectivity index (χ1n) is 8.12. The van der Waals surface area contributed by atoms with E-state index in [9.17, 15) is 19.2 Å². The monoisotopic (exact) mass is 465 g/mol. The van der Waals surface area contributed by atoms with Gasteiger partial charge < -0.3 is 35.4 Å². The lowest BCUT2D eigenvalue weighted by Gasteiger charge is -2.22. The normalized spacial score (nSPS) is 10.5. The van der Waals surface area contributed by atoms with Gasteiger partial charge in [-0.2, -0.15) is 20.4 Å². The molecule has 0 bridgehead atoms. The Labute approximate surface area is 177 Å². The third-order valence-corrected chi connectivity index (χ3v) is 3.53. The summed E-state index contributed by atoms with van der Waals surface area (Å²) in [4.78, 5) is 57.5. The van der Waals surface area contributed by atoms with Crippen molar-refractivity contribution in [1.82, 2.24) is 25.7 Å². The van der Waals surface area contributed by atoms with Crippen LogP contribution in [0.25, 0.3) is 0 Å². The number of aliphatic carboxylic acids is 4. The van der Waals surface area contributed by atoms with Gasteiger partial charge in [-0.05, 0) is 0 Å². The zero-order valence-electron chi connectivity index (χ0n) is 15.7. The molecule has 0 radical (unpaired) electrons. The van der Waals surface area contributed by atoms with E-state index < -0.39 is 62.0 Å². The van der Waals surface area contributed by atoms with Crippen LogP contribution in [-0.2, 0) is 23.4 Å². The van der Waals surface area contributed by atoms with Crippen LogP contribution in [0.5, 0.6) is 0 Å². The number of hydrogen-bond donors (Lipinski definition) is 7. The molecule has 7 N–H and O–H groups in total. The van der Waals surface area contributed by atoms with Crippen LogP contribution in [0.1, 0.15) is 0 Å². The molecule has 0 aliphatic heterocycles. The van der Waals surface area contributed by atoms with Crippen LogP contribution in [-0.4, -0.2) is 104 Å². The predicted molar refractivity (Wildman–Crippen MR) is 99.5 cm³/mol. The minimum absolute atomic E-state index is 0.0235. The number of nitrogens with zero attached hydrogens (tertiary/aromatic N) is 5. The highest BCUT2D eigenvalue weighted by molar-refractivity contribution is 7.94. The number of aromatic nitrogens is 3. The summed E-state index contributed by atoms with van der Waals surface area (Å²) in [5.74, 6) is -6.51. The fourth-order valence-corrected chi connectivity index (χ4v) is 2.42. The number of carboxylic acids is 4. The molecule has 0 unspecified atom stereocenters. The number of nitrogens with one attached hydrogen (secondary N) is 2. The second kappa shape index (κ2) is 13.1. The van der Waals surface area contributed by atoms with E-state index >= 15 is 0 Å². The molecule has 0 aromatic carbocycles. The summed E-state index contributed by atoms with van der Waals surface area (Å²) in [6, 6.07) is 0. The average Bonchev–Trinajstić information content (AvgIpc) is 2.65. The van der Waals surface area contributed by atoms with Crippen molar-refractivity contribution >= 4 is 47.8 Å². The second-order valence-corrected chi connectivity index (χ2v) is 6.20. The summed E-state index contributed by atoms with van der Waals surface area (Å²) in [5, 5.41) is 46.9. The molecule has 0 aliphatic carbocycles. The Balaban J connectivity index is 3.31. The molecule has 0 spiro atoms. The summed E-state index contributed by atoms with van der Waals surface area (Å²) in [6.07, 6.45) is 0. The molecule has 1 rings (SSSR count). The maximum Gasteiger partial charge on any atom is 0.323 e. The van der Waals surface area contributed by atoms with Crippen molar-refractivity contribution in [2.45, 2.75) is 5.16 Å². The molecule has 0 saturated heterocycles. The zero-order valence-corrected chi connectivity index (χ0v) is 16.5. The van der Waals surface area contributed by atoms with Crippen LogP contribution in [0.2, 0.25) is 0 Å². The van der Waals surface area contributed by atoms with Crippen LogP contribution in [0.15, 0.2) is 5.16 Å². The van der Waals surface area contributed by atoms with Crippen LogP contribution in [0.4, 0.5) is 11.9 Å². The van der Waals surface area contributed by atoms with E-state index in [-0.39, 0.29) is 18.6 Å². The van der Waals surface area contributed by atoms with Gasteiger partial charge in [0.25, 0.3) is 0 Å². The predicted octanol–water partition coefficient (Wildman–Crippen LogP) is -2.67. The van der Waals surface area contributed by atoms with Gasteiger partial charge in [0.05, 0.1) is 18.7 Å². The van der Waals surface area contributed by atoms with Crippen LogP contribution in [0, 0.1) is 0 Å². The molecule has 17 nitrogen and oxygen atoms in total. The lowest BCUT2D eigenvalue weighted by atomic mass is 10.4. The molecule has 18 heteroatoms. The summed E-state index contributed by atoms with van der Waals surface area (Å²) in [7, 11) is 0. The number of hydroxylamine groups is 1. The van der Waals surface area contributed by atoms with Gasteiger partial charge in [-0.25, -0.2) is 0 Å². The van der Waals surface area contributed by atoms with Crippen molar-refractivity contribution in [1.29, 1.82) is 0 Å². The minimum atomic E-state index is -1.40. The first-order chi connectivity index (χ1) is 14.6. The molecule has 0 amide bonds. The van der Waals surface area contributed by atoms with Crippen molar-refractivity contribution in [2.75, 3.05) is 49.4 Å². The lowest BCUT2D eigenvalue weighted by molar-refractivity contribution is -0.138. The van der Waals surface area contributed by atoms with Crippen molar-refractivity contribution in [3.63, 3.8) is 0 Å². The summed E-state index contributed by atoms with van der Waals surface area (Å²) in [5.41, 5.74) is 1.81. The van der Waals surface area contributed by atoms with E-state index in [0.717, 1.165) is 9.80 Å². The fraction of sp³-hybridized carbons (Fsp3) is 0.462. The number of rotatable bonds is 16. The van der Waals surface area contributed by atoms with E-state index in [2.05, 4.69) is 20.3 Å². The summed E-state index contributed by atoms with van der Waals surface area (Å²) < 4.78 is 5.11. The average molecular weight is 465 g/mol.